The fourth-order valence-electron chi connectivity index (χ4n) is 0.357. The lowest BCUT2D eigenvalue weighted by Gasteiger charge is -1.90. The monoisotopic (exact) mass is 171 g/mol. The molecule has 0 saturated carbocycles. The van der Waals surface area contributed by atoms with Gasteiger partial charge in [-0.2, -0.15) is 0 Å². The Morgan fingerprint density at radius 3 is 2.00 bits per heavy atom. The maximum atomic E-state index is 10.2. The van der Waals surface area contributed by atoms with Crippen LogP contribution in [0.2, 0.25) is 0 Å². The molecular weight excluding hydrogens is 162 g/mol. The first kappa shape index (κ1) is 10.2. The Morgan fingerprint density at radius 2 is 1.67 bits per heavy atom. The van der Waals surface area contributed by atoms with Crippen LogP contribution in [-0.2, 0) is 9.59 Å². The highest BCUT2D eigenvalue weighted by molar-refractivity contribution is 5.88. The van der Waals surface area contributed by atoms with Crippen molar-refractivity contribution in [3.05, 3.63) is 23.4 Å². The maximum Gasteiger partial charge on any atom is 0.351 e. The van der Waals surface area contributed by atoms with E-state index in [-0.39, 0.29) is 5.57 Å². The number of hydrogen-bond acceptors (Lipinski definition) is 3. The van der Waals surface area contributed by atoms with Crippen molar-refractivity contribution in [2.75, 3.05) is 0 Å². The second kappa shape index (κ2) is 4.17. The van der Waals surface area contributed by atoms with Crippen molar-refractivity contribution in [1.29, 1.82) is 0 Å². The van der Waals surface area contributed by atoms with E-state index in [1.165, 1.54) is 6.92 Å². The van der Waals surface area contributed by atoms with Crippen LogP contribution in [0.1, 0.15) is 6.92 Å². The van der Waals surface area contributed by atoms with E-state index in [9.17, 15) is 9.59 Å². The zero-order chi connectivity index (χ0) is 9.72. The van der Waals surface area contributed by atoms with Crippen LogP contribution >= 0.6 is 0 Å². The molecule has 0 radical (unpaired) electrons. The Bertz CT molecular complexity index is 237. The molecule has 0 rings (SSSR count). The van der Waals surface area contributed by atoms with E-state index >= 15 is 0 Å². The molecule has 12 heavy (non-hydrogen) atoms. The third-order valence-corrected chi connectivity index (χ3v) is 1.10. The molecule has 4 N–H and O–H groups in total. The first-order chi connectivity index (χ1) is 5.45. The normalized spacial score (nSPS) is 12.8. The average Bonchev–Trinajstić information content (AvgIpc) is 1.98. The van der Waals surface area contributed by atoms with Crippen LogP contribution < -0.4 is 5.73 Å². The van der Waals surface area contributed by atoms with Crippen molar-refractivity contribution in [3.63, 3.8) is 0 Å². The summed E-state index contributed by atoms with van der Waals surface area (Å²) in [4.78, 5) is 20.3. The zero-order valence-electron chi connectivity index (χ0n) is 6.44. The minimum absolute atomic E-state index is 0.0270. The molecule has 0 aliphatic rings. The van der Waals surface area contributed by atoms with Gasteiger partial charge in [-0.15, -0.1) is 0 Å². The highest BCUT2D eigenvalue weighted by Crippen LogP contribution is 1.94. The molecule has 0 bridgehead atoms. The number of carbonyl (C=O) groups is 2. The molecule has 0 unspecified atom stereocenters. The van der Waals surface area contributed by atoms with E-state index in [0.717, 1.165) is 12.2 Å². The second-order valence-electron chi connectivity index (χ2n) is 2.08. The van der Waals surface area contributed by atoms with E-state index < -0.39 is 17.6 Å². The van der Waals surface area contributed by atoms with E-state index in [1.54, 1.807) is 0 Å². The number of hydrogen-bond donors (Lipinski definition) is 3. The predicted molar refractivity (Wildman–Crippen MR) is 41.3 cm³/mol. The largest absolute Gasteiger partial charge is 0.478 e. The Labute approximate surface area is 68.8 Å². The molecule has 0 aromatic heterocycles. The third-order valence-electron chi connectivity index (χ3n) is 1.10. The van der Waals surface area contributed by atoms with Crippen LogP contribution in [0.15, 0.2) is 23.4 Å². The molecule has 0 spiro atoms. The van der Waals surface area contributed by atoms with Gasteiger partial charge in [-0.05, 0) is 19.1 Å². The van der Waals surface area contributed by atoms with E-state index in [2.05, 4.69) is 0 Å². The molecule has 0 atom stereocenters. The molecule has 5 nitrogen and oxygen atoms in total. The molecule has 0 aliphatic carbocycles. The lowest BCUT2D eigenvalue weighted by atomic mass is 10.2. The first-order valence-corrected chi connectivity index (χ1v) is 3.05. The lowest BCUT2D eigenvalue weighted by molar-refractivity contribution is -0.133. The van der Waals surface area contributed by atoms with E-state index in [4.69, 9.17) is 15.9 Å². The molecule has 0 heterocycles. The summed E-state index contributed by atoms with van der Waals surface area (Å²) in [5.41, 5.74) is 4.62. The SMILES string of the molecule is C/C(=C\C=C(/N)C(=O)O)C(=O)O. The van der Waals surface area contributed by atoms with Crippen LogP contribution in [0.25, 0.3) is 0 Å². The summed E-state index contributed by atoms with van der Waals surface area (Å²) in [5, 5.41) is 16.6. The van der Waals surface area contributed by atoms with Gasteiger partial charge in [0.05, 0.1) is 0 Å². The van der Waals surface area contributed by atoms with Crippen molar-refractivity contribution in [2.45, 2.75) is 6.92 Å². The van der Waals surface area contributed by atoms with Gasteiger partial charge in [0, 0.05) is 5.57 Å². The summed E-state index contributed by atoms with van der Waals surface area (Å²) in [6.45, 7) is 1.34. The molecule has 0 aliphatic heterocycles. The number of aliphatic carboxylic acids is 2. The summed E-state index contributed by atoms with van der Waals surface area (Å²) >= 11 is 0. The quantitative estimate of drug-likeness (QED) is 0.408. The number of carboxylic acid groups (broad SMARTS) is 2. The molecule has 66 valence electrons. The summed E-state index contributed by atoms with van der Waals surface area (Å²) in [6.07, 6.45) is 2.16. The van der Waals surface area contributed by atoms with E-state index in [0.29, 0.717) is 0 Å². The average molecular weight is 171 g/mol. The fourth-order valence-corrected chi connectivity index (χ4v) is 0.357. The van der Waals surface area contributed by atoms with Gasteiger partial charge in [-0.1, -0.05) is 0 Å². The smallest absolute Gasteiger partial charge is 0.351 e. The maximum absolute atomic E-state index is 10.2. The minimum Gasteiger partial charge on any atom is -0.478 e. The van der Waals surface area contributed by atoms with Gasteiger partial charge in [0.25, 0.3) is 0 Å². The molecule has 0 saturated heterocycles. The topological polar surface area (TPSA) is 101 Å². The Balaban J connectivity index is 4.48. The number of rotatable bonds is 3. The molecule has 0 aromatic rings. The van der Waals surface area contributed by atoms with Crippen molar-refractivity contribution >= 4 is 11.9 Å². The molecule has 5 heteroatoms. The minimum atomic E-state index is -1.27. The summed E-state index contributed by atoms with van der Waals surface area (Å²) in [6, 6.07) is 0. The van der Waals surface area contributed by atoms with Crippen molar-refractivity contribution in [1.82, 2.24) is 0 Å². The van der Waals surface area contributed by atoms with Gasteiger partial charge in [0.1, 0.15) is 5.70 Å². The zero-order valence-corrected chi connectivity index (χ0v) is 6.44. The summed E-state index contributed by atoms with van der Waals surface area (Å²) in [7, 11) is 0. The highest BCUT2D eigenvalue weighted by atomic mass is 16.4. The number of nitrogens with two attached hydrogens (primary N) is 1. The molecule has 0 fully saturated rings. The summed E-state index contributed by atoms with van der Waals surface area (Å²) < 4.78 is 0. The Morgan fingerprint density at radius 1 is 1.17 bits per heavy atom. The van der Waals surface area contributed by atoms with E-state index in [1.807, 2.05) is 0 Å². The van der Waals surface area contributed by atoms with Crippen LogP contribution in [0, 0.1) is 0 Å². The van der Waals surface area contributed by atoms with Gasteiger partial charge in [-0.3, -0.25) is 0 Å². The standard InChI is InChI=1S/C7H9NO4/c1-4(6(9)10)2-3-5(8)7(11)12/h2-3H,8H2,1H3,(H,9,10)(H,11,12)/b4-2+,5-3-. The number of carboxylic acids is 2. The van der Waals surface area contributed by atoms with Gasteiger partial charge in [0.2, 0.25) is 0 Å². The van der Waals surface area contributed by atoms with Crippen LogP contribution in [0.4, 0.5) is 0 Å². The number of allylic oxidation sites excluding steroid dienone is 2. The van der Waals surface area contributed by atoms with Crippen molar-refractivity contribution in [3.8, 4) is 0 Å². The van der Waals surface area contributed by atoms with Crippen LogP contribution in [0.5, 0.6) is 0 Å². The predicted octanol–water partition coefficient (Wildman–Crippen LogP) is -0.0555. The van der Waals surface area contributed by atoms with Crippen LogP contribution in [-0.4, -0.2) is 22.2 Å². The second-order valence-corrected chi connectivity index (χ2v) is 2.08. The van der Waals surface area contributed by atoms with Gasteiger partial charge in [0.15, 0.2) is 0 Å². The third kappa shape index (κ3) is 3.40. The Kier molecular flexibility index (Phi) is 3.55. The Hall–Kier alpha value is -1.78. The highest BCUT2D eigenvalue weighted by Gasteiger charge is 2.00. The van der Waals surface area contributed by atoms with Gasteiger partial charge >= 0.3 is 11.9 Å². The van der Waals surface area contributed by atoms with Crippen molar-refractivity contribution < 1.29 is 19.8 Å². The van der Waals surface area contributed by atoms with Gasteiger partial charge < -0.3 is 15.9 Å². The molecule has 0 aromatic carbocycles. The van der Waals surface area contributed by atoms with Crippen LogP contribution in [0.3, 0.4) is 0 Å². The molecular formula is C7H9NO4. The molecule has 0 amide bonds. The first-order valence-electron chi connectivity index (χ1n) is 3.05. The lowest BCUT2D eigenvalue weighted by Crippen LogP contribution is -2.09. The fraction of sp³-hybridized carbons (Fsp3) is 0.143. The van der Waals surface area contributed by atoms with Crippen molar-refractivity contribution in [2.24, 2.45) is 5.73 Å². The summed E-state index contributed by atoms with van der Waals surface area (Å²) in [5.74, 6) is -2.38. The van der Waals surface area contributed by atoms with Gasteiger partial charge in [-0.25, -0.2) is 9.59 Å².